The van der Waals surface area contributed by atoms with E-state index in [0.717, 1.165) is 33.4 Å². The van der Waals surface area contributed by atoms with Gasteiger partial charge in [-0.3, -0.25) is 4.79 Å². The first kappa shape index (κ1) is 16.4. The average Bonchev–Trinajstić information content (AvgIpc) is 3.21. The van der Waals surface area contributed by atoms with Crippen molar-refractivity contribution in [2.24, 2.45) is 0 Å². The van der Waals surface area contributed by atoms with Crippen LogP contribution in [-0.2, 0) is 12.8 Å². The lowest BCUT2D eigenvalue weighted by Crippen LogP contribution is -2.12. The average molecular weight is 366 g/mol. The molecule has 0 saturated carbocycles. The van der Waals surface area contributed by atoms with Gasteiger partial charge in [-0.15, -0.1) is 0 Å². The van der Waals surface area contributed by atoms with Crippen LogP contribution in [0.2, 0.25) is 0 Å². The SMILES string of the molecule is O=c1[nH]c(CCc2nc(-c3ccccc3)c[nH]2)nc2cc3ccccc3cc12. The van der Waals surface area contributed by atoms with Crippen molar-refractivity contribution in [3.05, 3.63) is 94.9 Å². The van der Waals surface area contributed by atoms with Gasteiger partial charge in [-0.2, -0.15) is 0 Å². The molecule has 0 fully saturated rings. The molecule has 0 aliphatic rings. The summed E-state index contributed by atoms with van der Waals surface area (Å²) in [5, 5.41) is 2.74. The molecule has 28 heavy (non-hydrogen) atoms. The highest BCUT2D eigenvalue weighted by Gasteiger charge is 2.08. The minimum atomic E-state index is -0.102. The normalized spacial score (nSPS) is 11.3. The summed E-state index contributed by atoms with van der Waals surface area (Å²) < 4.78 is 0. The second-order valence-electron chi connectivity index (χ2n) is 6.83. The molecule has 0 aliphatic carbocycles. The summed E-state index contributed by atoms with van der Waals surface area (Å²) in [5.41, 5.74) is 2.62. The van der Waals surface area contributed by atoms with E-state index in [9.17, 15) is 4.79 Å². The quantitative estimate of drug-likeness (QED) is 0.467. The van der Waals surface area contributed by atoms with E-state index < -0.39 is 0 Å². The van der Waals surface area contributed by atoms with Gasteiger partial charge in [0, 0.05) is 24.6 Å². The summed E-state index contributed by atoms with van der Waals surface area (Å²) in [6.45, 7) is 0. The monoisotopic (exact) mass is 366 g/mol. The summed E-state index contributed by atoms with van der Waals surface area (Å²) in [5.74, 6) is 1.55. The first-order chi connectivity index (χ1) is 13.8. The molecule has 136 valence electrons. The smallest absolute Gasteiger partial charge is 0.258 e. The number of rotatable bonds is 4. The molecular weight excluding hydrogens is 348 g/mol. The van der Waals surface area contributed by atoms with Crippen LogP contribution in [0.25, 0.3) is 32.9 Å². The van der Waals surface area contributed by atoms with Crippen molar-refractivity contribution in [2.75, 3.05) is 0 Å². The van der Waals surface area contributed by atoms with Crippen LogP contribution in [0.3, 0.4) is 0 Å². The van der Waals surface area contributed by atoms with Gasteiger partial charge in [-0.1, -0.05) is 54.6 Å². The lowest BCUT2D eigenvalue weighted by Gasteiger charge is -2.04. The van der Waals surface area contributed by atoms with Crippen LogP contribution in [0.15, 0.2) is 77.7 Å². The maximum atomic E-state index is 12.5. The third kappa shape index (κ3) is 3.07. The zero-order chi connectivity index (χ0) is 18.9. The molecule has 0 bridgehead atoms. The fourth-order valence-corrected chi connectivity index (χ4v) is 3.48. The number of aryl methyl sites for hydroxylation is 2. The Kier molecular flexibility index (Phi) is 3.98. The highest BCUT2D eigenvalue weighted by molar-refractivity contribution is 5.95. The number of aromatic amines is 2. The Balaban J connectivity index is 1.42. The minimum absolute atomic E-state index is 0.102. The van der Waals surface area contributed by atoms with Crippen molar-refractivity contribution >= 4 is 21.7 Å². The molecule has 0 radical (unpaired) electrons. The van der Waals surface area contributed by atoms with E-state index in [4.69, 9.17) is 0 Å². The van der Waals surface area contributed by atoms with Crippen LogP contribution >= 0.6 is 0 Å². The summed E-state index contributed by atoms with van der Waals surface area (Å²) in [4.78, 5) is 28.0. The molecule has 0 amide bonds. The second-order valence-corrected chi connectivity index (χ2v) is 6.83. The van der Waals surface area contributed by atoms with E-state index in [0.29, 0.717) is 24.1 Å². The molecular formula is C23H18N4O. The Morgan fingerprint density at radius 3 is 2.32 bits per heavy atom. The van der Waals surface area contributed by atoms with Gasteiger partial charge in [0.15, 0.2) is 0 Å². The number of H-pyrrole nitrogens is 2. The van der Waals surface area contributed by atoms with E-state index in [-0.39, 0.29) is 5.56 Å². The van der Waals surface area contributed by atoms with Crippen molar-refractivity contribution in [2.45, 2.75) is 12.8 Å². The molecule has 5 aromatic rings. The predicted molar refractivity (Wildman–Crippen MR) is 111 cm³/mol. The van der Waals surface area contributed by atoms with Crippen LogP contribution in [0.1, 0.15) is 11.6 Å². The van der Waals surface area contributed by atoms with Gasteiger partial charge in [-0.05, 0) is 22.9 Å². The number of hydrogen-bond acceptors (Lipinski definition) is 3. The highest BCUT2D eigenvalue weighted by Crippen LogP contribution is 2.20. The summed E-state index contributed by atoms with van der Waals surface area (Å²) in [7, 11) is 0. The van der Waals surface area contributed by atoms with Crippen LogP contribution in [0, 0.1) is 0 Å². The van der Waals surface area contributed by atoms with Crippen LogP contribution in [0.4, 0.5) is 0 Å². The number of hydrogen-bond donors (Lipinski definition) is 2. The van der Waals surface area contributed by atoms with Gasteiger partial charge < -0.3 is 9.97 Å². The van der Waals surface area contributed by atoms with Gasteiger partial charge >= 0.3 is 0 Å². The van der Waals surface area contributed by atoms with Gasteiger partial charge in [0.05, 0.1) is 16.6 Å². The van der Waals surface area contributed by atoms with E-state index in [1.54, 1.807) is 0 Å². The molecule has 3 aromatic carbocycles. The predicted octanol–water partition coefficient (Wildman–Crippen LogP) is 4.25. The molecule has 2 heterocycles. The van der Waals surface area contributed by atoms with Crippen molar-refractivity contribution in [1.29, 1.82) is 0 Å². The third-order valence-electron chi connectivity index (χ3n) is 4.92. The first-order valence-corrected chi connectivity index (χ1v) is 9.28. The standard InChI is InChI=1S/C23H18N4O/c28-23-18-12-16-8-4-5-9-17(16)13-19(18)25-22(27-23)11-10-21-24-14-20(26-21)15-6-2-1-3-7-15/h1-9,12-14H,10-11H2,(H,24,26)(H,25,27,28). The zero-order valence-corrected chi connectivity index (χ0v) is 15.1. The van der Waals surface area contributed by atoms with Crippen molar-refractivity contribution in [1.82, 2.24) is 19.9 Å². The Hall–Kier alpha value is -3.73. The molecule has 0 spiro atoms. The summed E-state index contributed by atoms with van der Waals surface area (Å²) in [6, 6.07) is 21.9. The van der Waals surface area contributed by atoms with E-state index in [1.807, 2.05) is 72.9 Å². The first-order valence-electron chi connectivity index (χ1n) is 9.28. The van der Waals surface area contributed by atoms with Gasteiger partial charge in [0.25, 0.3) is 5.56 Å². The molecule has 5 rings (SSSR count). The molecule has 0 atom stereocenters. The summed E-state index contributed by atoms with van der Waals surface area (Å²) >= 11 is 0. The number of nitrogens with zero attached hydrogens (tertiary/aromatic N) is 2. The molecule has 2 N–H and O–H groups in total. The third-order valence-corrected chi connectivity index (χ3v) is 4.92. The lowest BCUT2D eigenvalue weighted by atomic mass is 10.1. The van der Waals surface area contributed by atoms with Gasteiger partial charge in [0.1, 0.15) is 11.6 Å². The number of imidazole rings is 1. The number of aromatic nitrogens is 4. The Bertz CT molecular complexity index is 1340. The maximum Gasteiger partial charge on any atom is 0.258 e. The highest BCUT2D eigenvalue weighted by atomic mass is 16.1. The Labute approximate surface area is 161 Å². The van der Waals surface area contributed by atoms with Crippen LogP contribution in [-0.4, -0.2) is 19.9 Å². The molecule has 5 nitrogen and oxygen atoms in total. The van der Waals surface area contributed by atoms with E-state index in [1.165, 1.54) is 0 Å². The fraction of sp³-hybridized carbons (Fsp3) is 0.0870. The number of fused-ring (bicyclic) bond motifs is 2. The van der Waals surface area contributed by atoms with Gasteiger partial charge in [0.2, 0.25) is 0 Å². The van der Waals surface area contributed by atoms with Crippen LogP contribution in [0.5, 0.6) is 0 Å². The summed E-state index contributed by atoms with van der Waals surface area (Å²) in [6.07, 6.45) is 3.20. The Morgan fingerprint density at radius 1 is 0.786 bits per heavy atom. The molecule has 2 aromatic heterocycles. The minimum Gasteiger partial charge on any atom is -0.348 e. The van der Waals surface area contributed by atoms with Crippen molar-refractivity contribution < 1.29 is 0 Å². The van der Waals surface area contributed by atoms with Gasteiger partial charge in [-0.25, -0.2) is 9.97 Å². The van der Waals surface area contributed by atoms with Crippen molar-refractivity contribution in [3.8, 4) is 11.3 Å². The molecule has 0 saturated heterocycles. The van der Waals surface area contributed by atoms with Crippen molar-refractivity contribution in [3.63, 3.8) is 0 Å². The largest absolute Gasteiger partial charge is 0.348 e. The topological polar surface area (TPSA) is 74.4 Å². The molecule has 0 aliphatic heterocycles. The number of benzene rings is 3. The molecule has 0 unspecified atom stereocenters. The fourth-order valence-electron chi connectivity index (χ4n) is 3.48. The zero-order valence-electron chi connectivity index (χ0n) is 15.1. The lowest BCUT2D eigenvalue weighted by molar-refractivity contribution is 0.821. The molecule has 5 heteroatoms. The Morgan fingerprint density at radius 2 is 1.50 bits per heavy atom. The number of nitrogens with one attached hydrogen (secondary N) is 2. The maximum absolute atomic E-state index is 12.5. The second kappa shape index (κ2) is 6.78. The van der Waals surface area contributed by atoms with E-state index >= 15 is 0 Å². The van der Waals surface area contributed by atoms with Crippen LogP contribution < -0.4 is 5.56 Å². The van der Waals surface area contributed by atoms with E-state index in [2.05, 4.69) is 19.9 Å².